The minimum Gasteiger partial charge on any atom is -0.485 e. The zero-order chi connectivity index (χ0) is 15.7. The Bertz CT molecular complexity index is 699. The van der Waals surface area contributed by atoms with Gasteiger partial charge in [0.2, 0.25) is 0 Å². The molecular weight excluding hydrogens is 289 g/mol. The van der Waals surface area contributed by atoms with Gasteiger partial charge in [-0.2, -0.15) is 13.2 Å². The van der Waals surface area contributed by atoms with Gasteiger partial charge in [-0.15, -0.1) is 0 Å². The maximum absolute atomic E-state index is 12.6. The molecule has 3 rings (SSSR count). The number of rotatable bonds is 2. The van der Waals surface area contributed by atoms with E-state index < -0.39 is 11.7 Å². The summed E-state index contributed by atoms with van der Waals surface area (Å²) in [6, 6.07) is 13.0. The van der Waals surface area contributed by atoms with E-state index in [9.17, 15) is 13.2 Å². The molecule has 0 spiro atoms. The van der Waals surface area contributed by atoms with E-state index in [2.05, 4.69) is 0 Å². The molecule has 0 unspecified atom stereocenters. The van der Waals surface area contributed by atoms with Gasteiger partial charge in [0.05, 0.1) is 5.56 Å². The predicted octanol–water partition coefficient (Wildman–Crippen LogP) is 5.68. The second-order valence-corrected chi connectivity index (χ2v) is 5.23. The van der Waals surface area contributed by atoms with Crippen LogP contribution in [-0.4, -0.2) is 0 Å². The first kappa shape index (κ1) is 14.7. The normalized spacial score (nSPS) is 19.1. The molecule has 1 atom stereocenters. The van der Waals surface area contributed by atoms with Crippen LogP contribution in [0.2, 0.25) is 0 Å². The molecule has 114 valence electrons. The average molecular weight is 304 g/mol. The lowest BCUT2D eigenvalue weighted by molar-refractivity contribution is -0.137. The van der Waals surface area contributed by atoms with E-state index >= 15 is 0 Å². The third kappa shape index (κ3) is 2.73. The number of benzene rings is 2. The first-order valence-electron chi connectivity index (χ1n) is 7.14. The zero-order valence-electron chi connectivity index (χ0n) is 12.0. The molecule has 0 radical (unpaired) electrons. The van der Waals surface area contributed by atoms with Gasteiger partial charge >= 0.3 is 6.18 Å². The monoisotopic (exact) mass is 304 g/mol. The molecule has 0 aliphatic carbocycles. The summed E-state index contributed by atoms with van der Waals surface area (Å²) in [6.45, 7) is 2.04. The van der Waals surface area contributed by atoms with Gasteiger partial charge in [0.15, 0.2) is 0 Å². The van der Waals surface area contributed by atoms with Gasteiger partial charge in [0.1, 0.15) is 11.9 Å². The van der Waals surface area contributed by atoms with Gasteiger partial charge in [0.25, 0.3) is 0 Å². The Hall–Kier alpha value is -2.23. The van der Waals surface area contributed by atoms with Crippen molar-refractivity contribution in [1.82, 2.24) is 0 Å². The number of halogens is 3. The molecule has 4 heteroatoms. The molecule has 0 saturated heterocycles. The van der Waals surface area contributed by atoms with Gasteiger partial charge in [-0.05, 0) is 30.2 Å². The van der Waals surface area contributed by atoms with Crippen LogP contribution < -0.4 is 0 Å². The van der Waals surface area contributed by atoms with E-state index in [0.29, 0.717) is 11.3 Å². The molecule has 0 bridgehead atoms. The van der Waals surface area contributed by atoms with Crippen molar-refractivity contribution < 1.29 is 17.9 Å². The number of hydrogen-bond acceptors (Lipinski definition) is 1. The van der Waals surface area contributed by atoms with Gasteiger partial charge in [-0.3, -0.25) is 0 Å². The maximum atomic E-state index is 12.6. The summed E-state index contributed by atoms with van der Waals surface area (Å²) in [5.74, 6) is 0.710. The van der Waals surface area contributed by atoms with E-state index in [1.54, 1.807) is 6.08 Å². The summed E-state index contributed by atoms with van der Waals surface area (Å²) < 4.78 is 43.7. The first-order chi connectivity index (χ1) is 10.5. The Morgan fingerprint density at radius 3 is 2.36 bits per heavy atom. The van der Waals surface area contributed by atoms with Crippen LogP contribution in [0.5, 0.6) is 0 Å². The lowest BCUT2D eigenvalue weighted by Crippen LogP contribution is -2.04. The van der Waals surface area contributed by atoms with E-state index in [1.165, 1.54) is 12.1 Å². The molecule has 0 N–H and O–H groups in total. The molecule has 1 aliphatic heterocycles. The van der Waals surface area contributed by atoms with Crippen LogP contribution in [0.4, 0.5) is 13.2 Å². The summed E-state index contributed by atoms with van der Waals surface area (Å²) in [4.78, 5) is 0. The quantitative estimate of drug-likeness (QED) is 0.693. The van der Waals surface area contributed by atoms with Gasteiger partial charge in [-0.1, -0.05) is 43.3 Å². The van der Waals surface area contributed by atoms with E-state index in [1.807, 2.05) is 31.2 Å². The molecule has 0 aromatic heterocycles. The standard InChI is InChI=1S/C18H15F3O/c1-2-16-14-5-3-4-6-15(14)17(22-16)11-12-7-9-13(10-8-12)18(19,20)21/h3-11,16H,2H2,1H3/b17-11-/t16-/m0/s1. The van der Waals surface area contributed by atoms with Crippen LogP contribution in [0.1, 0.15) is 41.7 Å². The van der Waals surface area contributed by atoms with Crippen LogP contribution in [0.15, 0.2) is 48.5 Å². The molecule has 0 fully saturated rings. The number of hydrogen-bond donors (Lipinski definition) is 0. The summed E-state index contributed by atoms with van der Waals surface area (Å²) in [5.41, 5.74) is 2.18. The largest absolute Gasteiger partial charge is 0.485 e. The van der Waals surface area contributed by atoms with Crippen LogP contribution >= 0.6 is 0 Å². The van der Waals surface area contributed by atoms with Crippen molar-refractivity contribution in [2.24, 2.45) is 0 Å². The SMILES string of the molecule is CC[C@@H]1O/C(=C\c2ccc(C(F)(F)F)cc2)c2ccccc21. The highest BCUT2D eigenvalue weighted by molar-refractivity contribution is 5.81. The lowest BCUT2D eigenvalue weighted by Gasteiger charge is -2.09. The Morgan fingerprint density at radius 1 is 1.05 bits per heavy atom. The predicted molar refractivity (Wildman–Crippen MR) is 79.9 cm³/mol. The summed E-state index contributed by atoms with van der Waals surface area (Å²) >= 11 is 0. The Morgan fingerprint density at radius 2 is 1.73 bits per heavy atom. The molecule has 1 nitrogen and oxygen atoms in total. The van der Waals surface area contributed by atoms with Crippen LogP contribution in [0.3, 0.4) is 0 Å². The van der Waals surface area contributed by atoms with Crippen molar-refractivity contribution in [1.29, 1.82) is 0 Å². The minimum absolute atomic E-state index is 0.0110. The molecule has 1 heterocycles. The molecule has 0 saturated carbocycles. The highest BCUT2D eigenvalue weighted by Gasteiger charge is 2.30. The second-order valence-electron chi connectivity index (χ2n) is 5.23. The van der Waals surface area contributed by atoms with Crippen molar-refractivity contribution in [3.63, 3.8) is 0 Å². The second kappa shape index (κ2) is 5.52. The number of fused-ring (bicyclic) bond motifs is 1. The van der Waals surface area contributed by atoms with Gasteiger partial charge in [-0.25, -0.2) is 0 Å². The van der Waals surface area contributed by atoms with Crippen LogP contribution in [-0.2, 0) is 10.9 Å². The number of ether oxygens (including phenoxy) is 1. The van der Waals surface area contributed by atoms with E-state index in [4.69, 9.17) is 4.74 Å². The van der Waals surface area contributed by atoms with E-state index in [0.717, 1.165) is 29.7 Å². The average Bonchev–Trinajstić information content (AvgIpc) is 2.85. The third-order valence-electron chi connectivity index (χ3n) is 3.75. The maximum Gasteiger partial charge on any atom is 0.416 e. The number of alkyl halides is 3. The van der Waals surface area contributed by atoms with E-state index in [-0.39, 0.29) is 6.10 Å². The molecule has 22 heavy (non-hydrogen) atoms. The zero-order valence-corrected chi connectivity index (χ0v) is 12.0. The Balaban J connectivity index is 1.93. The first-order valence-corrected chi connectivity index (χ1v) is 7.14. The fraction of sp³-hybridized carbons (Fsp3) is 0.222. The van der Waals surface area contributed by atoms with Crippen molar-refractivity contribution in [2.75, 3.05) is 0 Å². The molecule has 0 amide bonds. The summed E-state index contributed by atoms with van der Waals surface area (Å²) in [7, 11) is 0. The van der Waals surface area contributed by atoms with Crippen LogP contribution in [0, 0.1) is 0 Å². The molecule has 2 aromatic rings. The fourth-order valence-electron chi connectivity index (χ4n) is 2.62. The van der Waals surface area contributed by atoms with Crippen molar-refractivity contribution >= 4 is 11.8 Å². The smallest absolute Gasteiger partial charge is 0.416 e. The Labute approximate surface area is 127 Å². The highest BCUT2D eigenvalue weighted by atomic mass is 19.4. The van der Waals surface area contributed by atoms with Crippen molar-refractivity contribution in [2.45, 2.75) is 25.6 Å². The highest BCUT2D eigenvalue weighted by Crippen LogP contribution is 2.40. The fourth-order valence-corrected chi connectivity index (χ4v) is 2.62. The molecular formula is C18H15F3O. The topological polar surface area (TPSA) is 9.23 Å². The lowest BCUT2D eigenvalue weighted by atomic mass is 10.0. The van der Waals surface area contributed by atoms with Crippen LogP contribution in [0.25, 0.3) is 11.8 Å². The van der Waals surface area contributed by atoms with Crippen molar-refractivity contribution in [3.8, 4) is 0 Å². The van der Waals surface area contributed by atoms with Crippen molar-refractivity contribution in [3.05, 3.63) is 70.8 Å². The summed E-state index contributed by atoms with van der Waals surface area (Å²) in [5, 5.41) is 0. The van der Waals surface area contributed by atoms with Gasteiger partial charge < -0.3 is 4.74 Å². The third-order valence-corrected chi connectivity index (χ3v) is 3.75. The molecule has 1 aliphatic rings. The minimum atomic E-state index is -4.31. The summed E-state index contributed by atoms with van der Waals surface area (Å²) in [6.07, 6.45) is -1.66. The molecule has 2 aromatic carbocycles. The Kier molecular flexibility index (Phi) is 3.69. The van der Waals surface area contributed by atoms with Gasteiger partial charge in [0, 0.05) is 11.1 Å².